The predicted octanol–water partition coefficient (Wildman–Crippen LogP) is 4.64. The molecule has 1 aliphatic carbocycles. The highest BCUT2D eigenvalue weighted by Crippen LogP contribution is 2.34. The van der Waals surface area contributed by atoms with E-state index in [1.807, 2.05) is 36.4 Å². The summed E-state index contributed by atoms with van der Waals surface area (Å²) in [7, 11) is 0. The van der Waals surface area contributed by atoms with E-state index in [0.717, 1.165) is 30.6 Å². The van der Waals surface area contributed by atoms with E-state index in [9.17, 15) is 19.2 Å². The van der Waals surface area contributed by atoms with Crippen molar-refractivity contribution in [2.75, 3.05) is 11.9 Å². The molecule has 12 heteroatoms. The van der Waals surface area contributed by atoms with E-state index >= 15 is 0 Å². The van der Waals surface area contributed by atoms with Crippen LogP contribution in [0.5, 0.6) is 0 Å². The quantitative estimate of drug-likeness (QED) is 0.0741. The fraction of sp³-hybridized carbons (Fsp3) is 0.341. The Hall–Kier alpha value is -5.85. The SMILES string of the molecule is CC(C)(N)C1CCC(CN=C(N)Nc2cccc(C(C(=O)NCc3ccc(C(N)C(N)=O)cc3)N(C(=O)Cc3ccccc3)C(=O)Cc3ccccc3)c2)CC1. The Balaban J connectivity index is 1.43. The van der Waals surface area contributed by atoms with Crippen molar-refractivity contribution < 1.29 is 19.2 Å². The van der Waals surface area contributed by atoms with Crippen LogP contribution >= 0.6 is 0 Å². The molecule has 4 aromatic rings. The van der Waals surface area contributed by atoms with E-state index in [1.165, 1.54) is 0 Å². The lowest BCUT2D eigenvalue weighted by molar-refractivity contribution is -0.152. The van der Waals surface area contributed by atoms with Gasteiger partial charge in [-0.05, 0) is 91.3 Å². The van der Waals surface area contributed by atoms with Gasteiger partial charge in [-0.2, -0.15) is 0 Å². The Labute approximate surface area is 329 Å². The van der Waals surface area contributed by atoms with Gasteiger partial charge in [0.2, 0.25) is 23.6 Å². The molecule has 294 valence electrons. The summed E-state index contributed by atoms with van der Waals surface area (Å²) in [6.07, 6.45) is 3.97. The summed E-state index contributed by atoms with van der Waals surface area (Å²) in [6.45, 7) is 4.81. The van der Waals surface area contributed by atoms with Crippen LogP contribution in [0.2, 0.25) is 0 Å². The maximum atomic E-state index is 14.4. The zero-order valence-electron chi connectivity index (χ0n) is 32.2. The van der Waals surface area contributed by atoms with Gasteiger partial charge in [-0.3, -0.25) is 29.1 Å². The first-order valence-corrected chi connectivity index (χ1v) is 19.1. The van der Waals surface area contributed by atoms with Crippen molar-refractivity contribution in [2.45, 2.75) is 76.5 Å². The molecule has 2 atom stereocenters. The highest BCUT2D eigenvalue weighted by atomic mass is 16.2. The number of aliphatic imine (C=N–C) groups is 1. The molecule has 0 aromatic heterocycles. The zero-order valence-corrected chi connectivity index (χ0v) is 32.2. The van der Waals surface area contributed by atoms with Gasteiger partial charge in [0.05, 0.1) is 12.8 Å². The number of imide groups is 1. The van der Waals surface area contributed by atoms with Crippen LogP contribution in [0.15, 0.2) is 114 Å². The number of nitrogens with one attached hydrogen (secondary N) is 2. The summed E-state index contributed by atoms with van der Waals surface area (Å²) in [5.74, 6) is -1.18. The fourth-order valence-corrected chi connectivity index (χ4v) is 7.14. The molecule has 1 aliphatic rings. The van der Waals surface area contributed by atoms with Crippen molar-refractivity contribution in [3.8, 4) is 0 Å². The van der Waals surface area contributed by atoms with Crippen molar-refractivity contribution in [1.29, 1.82) is 0 Å². The van der Waals surface area contributed by atoms with E-state index in [-0.39, 0.29) is 30.9 Å². The van der Waals surface area contributed by atoms with Gasteiger partial charge in [0.15, 0.2) is 5.96 Å². The number of hydrogen-bond acceptors (Lipinski definition) is 7. The summed E-state index contributed by atoms with van der Waals surface area (Å²) >= 11 is 0. The van der Waals surface area contributed by atoms with Crippen molar-refractivity contribution >= 4 is 35.3 Å². The lowest BCUT2D eigenvalue weighted by Crippen LogP contribution is -2.48. The number of rotatable bonds is 15. The van der Waals surface area contributed by atoms with Crippen LogP contribution < -0.4 is 33.6 Å². The van der Waals surface area contributed by atoms with E-state index in [1.54, 1.807) is 72.8 Å². The summed E-state index contributed by atoms with van der Waals surface area (Å²) in [5, 5.41) is 6.08. The molecule has 0 spiro atoms. The summed E-state index contributed by atoms with van der Waals surface area (Å²) in [4.78, 5) is 60.3. The number of benzene rings is 4. The van der Waals surface area contributed by atoms with Gasteiger partial charge in [0, 0.05) is 24.3 Å². The van der Waals surface area contributed by atoms with Crippen LogP contribution in [-0.2, 0) is 38.6 Å². The molecule has 2 unspecified atom stereocenters. The number of nitrogens with zero attached hydrogens (tertiary/aromatic N) is 2. The second-order valence-corrected chi connectivity index (χ2v) is 15.2. The third-order valence-electron chi connectivity index (χ3n) is 10.4. The smallest absolute Gasteiger partial charge is 0.248 e. The molecule has 0 radical (unpaired) electrons. The molecular weight excluding hydrogens is 705 g/mol. The third kappa shape index (κ3) is 11.6. The lowest BCUT2D eigenvalue weighted by atomic mass is 9.74. The highest BCUT2D eigenvalue weighted by Gasteiger charge is 2.36. The first-order chi connectivity index (χ1) is 26.8. The van der Waals surface area contributed by atoms with Gasteiger partial charge in [-0.15, -0.1) is 0 Å². The summed E-state index contributed by atoms with van der Waals surface area (Å²) in [6, 6.07) is 29.6. The molecule has 4 aromatic carbocycles. The van der Waals surface area contributed by atoms with Crippen molar-refractivity contribution in [3.63, 3.8) is 0 Å². The average Bonchev–Trinajstić information content (AvgIpc) is 3.18. The number of carbonyl (C=O) groups excluding carboxylic acids is 4. The Morgan fingerprint density at radius 3 is 1.86 bits per heavy atom. The Kier molecular flexibility index (Phi) is 14.1. The number of nitrogens with two attached hydrogens (primary N) is 4. The second-order valence-electron chi connectivity index (χ2n) is 15.2. The van der Waals surface area contributed by atoms with E-state index in [2.05, 4.69) is 29.5 Å². The van der Waals surface area contributed by atoms with E-state index < -0.39 is 35.7 Å². The highest BCUT2D eigenvalue weighted by molar-refractivity contribution is 6.02. The van der Waals surface area contributed by atoms with Crippen molar-refractivity contribution in [3.05, 3.63) is 137 Å². The van der Waals surface area contributed by atoms with Crippen LogP contribution in [0.1, 0.15) is 79.4 Å². The molecule has 0 aliphatic heterocycles. The first kappa shape index (κ1) is 41.3. The fourth-order valence-electron chi connectivity index (χ4n) is 7.14. The van der Waals surface area contributed by atoms with Gasteiger partial charge in [0.1, 0.15) is 12.1 Å². The van der Waals surface area contributed by atoms with Gasteiger partial charge in [0.25, 0.3) is 0 Å². The molecule has 12 nitrogen and oxygen atoms in total. The molecule has 10 N–H and O–H groups in total. The van der Waals surface area contributed by atoms with Crippen LogP contribution in [0.25, 0.3) is 0 Å². The molecule has 0 saturated heterocycles. The average molecular weight is 759 g/mol. The minimum Gasteiger partial charge on any atom is -0.370 e. The van der Waals surface area contributed by atoms with Gasteiger partial charge < -0.3 is 33.6 Å². The summed E-state index contributed by atoms with van der Waals surface area (Å²) < 4.78 is 0. The number of hydrogen-bond donors (Lipinski definition) is 6. The maximum absolute atomic E-state index is 14.4. The third-order valence-corrected chi connectivity index (χ3v) is 10.4. The van der Waals surface area contributed by atoms with Crippen LogP contribution in [0.3, 0.4) is 0 Å². The van der Waals surface area contributed by atoms with Crippen LogP contribution in [0, 0.1) is 11.8 Å². The number of anilines is 1. The largest absolute Gasteiger partial charge is 0.370 e. The molecule has 1 fully saturated rings. The Bertz CT molecular complexity index is 1920. The molecule has 0 heterocycles. The van der Waals surface area contributed by atoms with Crippen molar-refractivity contribution in [1.82, 2.24) is 10.2 Å². The van der Waals surface area contributed by atoms with Gasteiger partial charge in [-0.1, -0.05) is 97.1 Å². The summed E-state index contributed by atoms with van der Waals surface area (Å²) in [5.41, 5.74) is 27.4. The molecule has 1 saturated carbocycles. The van der Waals surface area contributed by atoms with E-state index in [0.29, 0.717) is 51.9 Å². The van der Waals surface area contributed by atoms with E-state index in [4.69, 9.17) is 22.9 Å². The standard InChI is InChI=1S/C44H54N8O4/c1-44(2,48)35-22-18-32(19-23-35)28-50-43(47)51-36-15-9-14-34(26-36)40(42(56)49-27-31-16-20-33(21-17-31)39(45)41(46)55)52(37(53)24-29-10-5-3-6-11-29)38(54)25-30-12-7-4-8-13-30/h3-17,20-21,26,32,35,39-40H,18-19,22-25,27-28,45,48H2,1-2H3,(H2,46,55)(H,49,56)(H3,47,50,51). The topological polar surface area (TPSA) is 212 Å². The number of primary amides is 1. The monoisotopic (exact) mass is 758 g/mol. The van der Waals surface area contributed by atoms with Gasteiger partial charge in [-0.25, -0.2) is 0 Å². The number of carbonyl (C=O) groups is 4. The van der Waals surface area contributed by atoms with Crippen LogP contribution in [0.4, 0.5) is 5.69 Å². The number of guanidine groups is 1. The molecule has 5 rings (SSSR count). The number of amides is 4. The molecule has 0 bridgehead atoms. The predicted molar refractivity (Wildman–Crippen MR) is 220 cm³/mol. The first-order valence-electron chi connectivity index (χ1n) is 19.1. The molecule has 4 amide bonds. The minimum atomic E-state index is -1.34. The Morgan fingerprint density at radius 2 is 1.32 bits per heavy atom. The van der Waals surface area contributed by atoms with Gasteiger partial charge >= 0.3 is 0 Å². The minimum absolute atomic E-state index is 0.0667. The molecular formula is C44H54N8O4. The Morgan fingerprint density at radius 1 is 0.750 bits per heavy atom. The second kappa shape index (κ2) is 19.1. The van der Waals surface area contributed by atoms with Crippen molar-refractivity contribution in [2.24, 2.45) is 39.8 Å². The van der Waals surface area contributed by atoms with Crippen LogP contribution in [-0.4, -0.2) is 46.6 Å². The maximum Gasteiger partial charge on any atom is 0.248 e. The zero-order chi connectivity index (χ0) is 40.2. The normalized spacial score (nSPS) is 17.0. The molecule has 56 heavy (non-hydrogen) atoms. The lowest BCUT2D eigenvalue weighted by Gasteiger charge is -2.36.